The first-order valence-electron chi connectivity index (χ1n) is 2.29. The van der Waals surface area contributed by atoms with Crippen LogP contribution in [0.15, 0.2) is 12.3 Å². The Hall–Kier alpha value is -1.32. The molecule has 9 heavy (non-hydrogen) atoms. The van der Waals surface area contributed by atoms with Gasteiger partial charge in [-0.05, 0) is 12.3 Å². The van der Waals surface area contributed by atoms with Gasteiger partial charge in [0.05, 0.1) is 0 Å². The maximum Gasteiger partial charge on any atom is 0.311 e. The molecule has 0 spiro atoms. The van der Waals surface area contributed by atoms with E-state index in [1.54, 1.807) is 0 Å². The average Bonchev–Trinajstić information content (AvgIpc) is 1.63. The van der Waals surface area contributed by atoms with Crippen molar-refractivity contribution in [2.24, 2.45) is 5.73 Å². The smallest absolute Gasteiger partial charge is 0.311 e. The van der Waals surface area contributed by atoms with E-state index in [0.717, 1.165) is 12.3 Å². The van der Waals surface area contributed by atoms with E-state index < -0.39 is 18.2 Å². The summed E-state index contributed by atoms with van der Waals surface area (Å²) in [6, 6.07) is 0. The molecule has 0 unspecified atom stereocenters. The van der Waals surface area contributed by atoms with E-state index >= 15 is 0 Å². The van der Waals surface area contributed by atoms with Crippen LogP contribution in [0.1, 0.15) is 6.42 Å². The van der Waals surface area contributed by atoms with Gasteiger partial charge < -0.3 is 10.8 Å². The highest BCUT2D eigenvalue weighted by molar-refractivity contribution is 6.01. The normalized spacial score (nSPS) is 9.78. The van der Waals surface area contributed by atoms with Gasteiger partial charge in [0.15, 0.2) is 5.78 Å². The zero-order valence-electron chi connectivity index (χ0n) is 4.70. The minimum atomic E-state index is -1.14. The summed E-state index contributed by atoms with van der Waals surface area (Å²) in [4.78, 5) is 20.1. The lowest BCUT2D eigenvalue weighted by Crippen LogP contribution is -2.03. The number of carbonyl (C=O) groups is 2. The van der Waals surface area contributed by atoms with Crippen molar-refractivity contribution in [3.8, 4) is 0 Å². The summed E-state index contributed by atoms with van der Waals surface area (Å²) in [6.45, 7) is 0. The summed E-state index contributed by atoms with van der Waals surface area (Å²) in [5, 5.41) is 8.01. The van der Waals surface area contributed by atoms with Crippen LogP contribution in [-0.4, -0.2) is 16.9 Å². The van der Waals surface area contributed by atoms with Crippen molar-refractivity contribution in [2.75, 3.05) is 0 Å². The van der Waals surface area contributed by atoms with Gasteiger partial charge in [0.25, 0.3) is 0 Å². The van der Waals surface area contributed by atoms with E-state index in [1.165, 1.54) is 0 Å². The van der Waals surface area contributed by atoms with Crippen LogP contribution in [0.5, 0.6) is 0 Å². The summed E-state index contributed by atoms with van der Waals surface area (Å²) in [7, 11) is 0. The van der Waals surface area contributed by atoms with Crippen LogP contribution in [0, 0.1) is 0 Å². The highest BCUT2D eigenvalue weighted by Crippen LogP contribution is 1.82. The second kappa shape index (κ2) is 3.65. The molecule has 0 rings (SSSR count). The van der Waals surface area contributed by atoms with E-state index in [1.807, 2.05) is 0 Å². The maximum absolute atomic E-state index is 10.3. The molecule has 3 N–H and O–H groups in total. The van der Waals surface area contributed by atoms with Crippen molar-refractivity contribution in [1.29, 1.82) is 0 Å². The Morgan fingerprint density at radius 3 is 2.44 bits per heavy atom. The molecule has 0 aliphatic heterocycles. The Bertz CT molecular complexity index is 150. The SMILES string of the molecule is NC=CC(=O)CC(=O)O. The van der Waals surface area contributed by atoms with Gasteiger partial charge in [-0.3, -0.25) is 9.59 Å². The van der Waals surface area contributed by atoms with Crippen LogP contribution in [0.3, 0.4) is 0 Å². The summed E-state index contributed by atoms with van der Waals surface area (Å²) in [6.07, 6.45) is 1.55. The molecule has 0 bridgehead atoms. The molecular weight excluding hydrogens is 122 g/mol. The van der Waals surface area contributed by atoms with Gasteiger partial charge >= 0.3 is 5.97 Å². The van der Waals surface area contributed by atoms with Crippen molar-refractivity contribution in [1.82, 2.24) is 0 Å². The van der Waals surface area contributed by atoms with Crippen LogP contribution >= 0.6 is 0 Å². The Morgan fingerprint density at radius 2 is 2.11 bits per heavy atom. The van der Waals surface area contributed by atoms with Crippen molar-refractivity contribution < 1.29 is 14.7 Å². The molecule has 0 aliphatic carbocycles. The van der Waals surface area contributed by atoms with Crippen LogP contribution in [-0.2, 0) is 9.59 Å². The number of hydrogen-bond acceptors (Lipinski definition) is 3. The predicted octanol–water partition coefficient (Wildman–Crippen LogP) is -0.497. The lowest BCUT2D eigenvalue weighted by molar-refractivity contribution is -0.139. The fourth-order valence-corrected chi connectivity index (χ4v) is 0.315. The molecule has 4 nitrogen and oxygen atoms in total. The van der Waals surface area contributed by atoms with E-state index in [9.17, 15) is 9.59 Å². The maximum atomic E-state index is 10.3. The number of hydrogen-bond donors (Lipinski definition) is 2. The van der Waals surface area contributed by atoms with Gasteiger partial charge in [0, 0.05) is 0 Å². The summed E-state index contributed by atoms with van der Waals surface area (Å²) in [5.74, 6) is -1.64. The van der Waals surface area contributed by atoms with Crippen molar-refractivity contribution in [3.05, 3.63) is 12.3 Å². The third-order valence-electron chi connectivity index (χ3n) is 0.608. The topological polar surface area (TPSA) is 80.4 Å². The number of carboxylic acid groups (broad SMARTS) is 1. The Morgan fingerprint density at radius 1 is 1.56 bits per heavy atom. The van der Waals surface area contributed by atoms with Gasteiger partial charge in [-0.1, -0.05) is 0 Å². The van der Waals surface area contributed by atoms with Gasteiger partial charge in [-0.15, -0.1) is 0 Å². The number of rotatable bonds is 3. The van der Waals surface area contributed by atoms with Crippen LogP contribution in [0.25, 0.3) is 0 Å². The van der Waals surface area contributed by atoms with Crippen molar-refractivity contribution >= 4 is 11.8 Å². The molecule has 0 aromatic carbocycles. The highest BCUT2D eigenvalue weighted by Gasteiger charge is 2.01. The van der Waals surface area contributed by atoms with Gasteiger partial charge in [-0.25, -0.2) is 0 Å². The highest BCUT2D eigenvalue weighted by atomic mass is 16.4. The third-order valence-corrected chi connectivity index (χ3v) is 0.608. The molecule has 0 saturated heterocycles. The zero-order valence-corrected chi connectivity index (χ0v) is 4.70. The van der Waals surface area contributed by atoms with Crippen molar-refractivity contribution in [3.63, 3.8) is 0 Å². The Labute approximate surface area is 52.0 Å². The minimum Gasteiger partial charge on any atom is -0.481 e. The zero-order chi connectivity index (χ0) is 7.28. The first kappa shape index (κ1) is 7.68. The largest absolute Gasteiger partial charge is 0.481 e. The van der Waals surface area contributed by atoms with Crippen molar-refractivity contribution in [2.45, 2.75) is 6.42 Å². The molecule has 0 aromatic rings. The molecule has 0 fully saturated rings. The van der Waals surface area contributed by atoms with Crippen LogP contribution < -0.4 is 5.73 Å². The molecule has 50 valence electrons. The minimum absolute atomic E-state index is 0.492. The number of carboxylic acids is 1. The third kappa shape index (κ3) is 4.53. The summed E-state index contributed by atoms with van der Waals surface area (Å²) >= 11 is 0. The number of allylic oxidation sites excluding steroid dienone is 1. The Balaban J connectivity index is 3.64. The van der Waals surface area contributed by atoms with Gasteiger partial charge in [-0.2, -0.15) is 0 Å². The summed E-state index contributed by atoms with van der Waals surface area (Å²) in [5.41, 5.74) is 4.81. The monoisotopic (exact) mass is 129 g/mol. The fourth-order valence-electron chi connectivity index (χ4n) is 0.315. The second-order valence-corrected chi connectivity index (χ2v) is 1.40. The number of ketones is 1. The lowest BCUT2D eigenvalue weighted by atomic mass is 10.3. The van der Waals surface area contributed by atoms with E-state index in [-0.39, 0.29) is 0 Å². The van der Waals surface area contributed by atoms with Crippen LogP contribution in [0.4, 0.5) is 0 Å². The predicted molar refractivity (Wildman–Crippen MR) is 30.6 cm³/mol. The van der Waals surface area contributed by atoms with Gasteiger partial charge in [0.1, 0.15) is 6.42 Å². The molecular formula is C5H7NO3. The first-order chi connectivity index (χ1) is 4.16. The molecule has 0 atom stereocenters. The van der Waals surface area contributed by atoms with Gasteiger partial charge in [0.2, 0.25) is 0 Å². The molecule has 0 aromatic heterocycles. The average molecular weight is 129 g/mol. The lowest BCUT2D eigenvalue weighted by Gasteiger charge is -1.84. The first-order valence-corrected chi connectivity index (χ1v) is 2.29. The summed E-state index contributed by atoms with van der Waals surface area (Å²) < 4.78 is 0. The second-order valence-electron chi connectivity index (χ2n) is 1.40. The van der Waals surface area contributed by atoms with E-state index in [2.05, 4.69) is 0 Å². The number of nitrogens with two attached hydrogens (primary N) is 1. The Kier molecular flexibility index (Phi) is 3.12. The standard InChI is InChI=1S/C5H7NO3/c6-2-1-4(7)3-5(8)9/h1-2H,3,6H2,(H,8,9). The molecule has 0 saturated carbocycles. The quantitative estimate of drug-likeness (QED) is 0.397. The number of aliphatic carboxylic acids is 1. The molecule has 0 aliphatic rings. The van der Waals surface area contributed by atoms with Crippen LogP contribution in [0.2, 0.25) is 0 Å². The number of carbonyl (C=O) groups excluding carboxylic acids is 1. The molecule has 0 amide bonds. The molecule has 0 radical (unpaired) electrons. The fraction of sp³-hybridized carbons (Fsp3) is 0.200. The van der Waals surface area contributed by atoms with E-state index in [0.29, 0.717) is 0 Å². The molecule has 0 heterocycles. The molecule has 4 heteroatoms. The van der Waals surface area contributed by atoms with E-state index in [4.69, 9.17) is 10.8 Å².